The fraction of sp³-hybridized carbons (Fsp3) is 0.125. The van der Waals surface area contributed by atoms with E-state index in [9.17, 15) is 9.59 Å². The van der Waals surface area contributed by atoms with E-state index in [-0.39, 0.29) is 11.8 Å². The van der Waals surface area contributed by atoms with Crippen LogP contribution in [0.4, 0.5) is 5.69 Å². The summed E-state index contributed by atoms with van der Waals surface area (Å²) >= 11 is 6.40. The average molecular weight is 485 g/mol. The number of benzene rings is 1. The average Bonchev–Trinajstić information content (AvgIpc) is 3.37. The predicted octanol–water partition coefficient (Wildman–Crippen LogP) is 3.56. The molecule has 11 heteroatoms. The third-order valence-corrected chi connectivity index (χ3v) is 6.13. The van der Waals surface area contributed by atoms with Crippen molar-refractivity contribution in [1.29, 1.82) is 0 Å². The largest absolute Gasteiger partial charge is 0.322 e. The molecule has 1 saturated carbocycles. The van der Waals surface area contributed by atoms with Crippen LogP contribution in [0.5, 0.6) is 0 Å². The Bertz CT molecular complexity index is 1520. The van der Waals surface area contributed by atoms with Crippen LogP contribution >= 0.6 is 11.6 Å². The minimum Gasteiger partial charge on any atom is -0.322 e. The number of halogens is 1. The number of anilines is 1. The molecule has 1 N–H and O–H groups in total. The third-order valence-electron chi connectivity index (χ3n) is 5.82. The highest BCUT2D eigenvalue weighted by Gasteiger charge is 2.35. The standard InChI is InChI=1S/C24H17ClN8O2/c25-19-12-16(5-6-20(19)33-27-9-10-28-33)30-24(35)18-13-29-32(22(18)15-3-4-15)21-2-1-11-31-17(14-34)7-8-26-23(21)31/h1-2,5-13,15H,3-4H2,(H,30,35). The van der Waals surface area contributed by atoms with Gasteiger partial charge in [0, 0.05) is 24.0 Å². The molecular weight excluding hydrogens is 468 g/mol. The fourth-order valence-electron chi connectivity index (χ4n) is 4.08. The summed E-state index contributed by atoms with van der Waals surface area (Å²) in [6.45, 7) is 0. The number of carbonyl (C=O) groups is 1. The van der Waals surface area contributed by atoms with E-state index in [0.29, 0.717) is 39.2 Å². The van der Waals surface area contributed by atoms with Gasteiger partial charge in [-0.25, -0.2) is 14.5 Å². The number of nitrogens with one attached hydrogen (secondary N) is 1. The molecule has 0 unspecified atom stereocenters. The van der Waals surface area contributed by atoms with Crippen LogP contribution in [0.2, 0.25) is 5.02 Å². The maximum absolute atomic E-state index is 13.3. The van der Waals surface area contributed by atoms with Crippen LogP contribution in [0.25, 0.3) is 11.4 Å². The zero-order chi connectivity index (χ0) is 23.9. The van der Waals surface area contributed by atoms with E-state index < -0.39 is 0 Å². The van der Waals surface area contributed by atoms with E-state index in [0.717, 1.165) is 18.5 Å². The van der Waals surface area contributed by atoms with Gasteiger partial charge in [0.1, 0.15) is 17.1 Å². The molecule has 4 heterocycles. The van der Waals surface area contributed by atoms with Crippen LogP contribution in [-0.2, 0) is 4.79 Å². The van der Waals surface area contributed by atoms with Crippen LogP contribution in [0.15, 0.2) is 78.1 Å². The van der Waals surface area contributed by atoms with Gasteiger partial charge in [-0.2, -0.15) is 20.1 Å². The molecule has 1 amide bonds. The Morgan fingerprint density at radius 2 is 2.00 bits per heavy atom. The first-order valence-electron chi connectivity index (χ1n) is 10.9. The molecule has 35 heavy (non-hydrogen) atoms. The van der Waals surface area contributed by atoms with Crippen LogP contribution in [0.1, 0.15) is 34.8 Å². The molecule has 6 rings (SSSR count). The van der Waals surface area contributed by atoms with Crippen molar-refractivity contribution >= 4 is 40.7 Å². The Morgan fingerprint density at radius 3 is 2.74 bits per heavy atom. The summed E-state index contributed by atoms with van der Waals surface area (Å²) in [6.07, 6.45) is 15.2. The summed E-state index contributed by atoms with van der Waals surface area (Å²) in [4.78, 5) is 32.2. The smallest absolute Gasteiger partial charge is 0.259 e. The topological polar surface area (TPSA) is 110 Å². The molecule has 0 saturated heterocycles. The number of amides is 1. The van der Waals surface area contributed by atoms with Gasteiger partial charge in [0.15, 0.2) is 11.8 Å². The fourth-order valence-corrected chi connectivity index (χ4v) is 4.33. The second kappa shape index (κ2) is 8.35. The van der Waals surface area contributed by atoms with Crippen molar-refractivity contribution in [3.05, 3.63) is 89.4 Å². The summed E-state index contributed by atoms with van der Waals surface area (Å²) in [5.41, 5.74) is 3.45. The van der Waals surface area contributed by atoms with Crippen molar-refractivity contribution in [2.75, 3.05) is 5.32 Å². The van der Waals surface area contributed by atoms with Gasteiger partial charge < -0.3 is 5.32 Å². The van der Waals surface area contributed by atoms with Crippen molar-refractivity contribution in [2.45, 2.75) is 18.8 Å². The summed E-state index contributed by atoms with van der Waals surface area (Å²) in [6, 6.07) is 5.14. The minimum atomic E-state index is -0.290. The lowest BCUT2D eigenvalue weighted by molar-refractivity contribution is 0.102. The molecule has 3 aliphatic rings. The molecule has 0 atom stereocenters. The summed E-state index contributed by atoms with van der Waals surface area (Å²) in [7, 11) is 0. The van der Waals surface area contributed by atoms with Gasteiger partial charge in [0.05, 0.1) is 34.9 Å². The first-order valence-corrected chi connectivity index (χ1v) is 11.3. The highest BCUT2D eigenvalue weighted by Crippen LogP contribution is 2.43. The van der Waals surface area contributed by atoms with Crippen molar-refractivity contribution < 1.29 is 9.59 Å². The molecule has 0 bridgehead atoms. The zero-order valence-corrected chi connectivity index (χ0v) is 18.9. The SMILES string of the molecule is O=C=C1C=CN=C2C(n3ncc(C(=O)Nc4ccc(-n5nccn5)c(Cl)c4)c3C3CC3)=CC=CN12. The number of amidine groups is 1. The molecule has 3 aromatic rings. The van der Waals surface area contributed by atoms with E-state index in [4.69, 9.17) is 11.6 Å². The molecule has 1 aromatic carbocycles. The van der Waals surface area contributed by atoms with Gasteiger partial charge in [0.2, 0.25) is 0 Å². The van der Waals surface area contributed by atoms with E-state index in [1.807, 2.05) is 12.0 Å². The van der Waals surface area contributed by atoms with Crippen molar-refractivity contribution in [3.63, 3.8) is 0 Å². The van der Waals surface area contributed by atoms with Gasteiger partial charge in [-0.3, -0.25) is 9.69 Å². The Labute approximate surface area is 204 Å². The second-order valence-corrected chi connectivity index (χ2v) is 8.49. The van der Waals surface area contributed by atoms with Crippen molar-refractivity contribution in [1.82, 2.24) is 29.7 Å². The number of fused-ring (bicyclic) bond motifs is 1. The highest BCUT2D eigenvalue weighted by molar-refractivity contribution is 6.32. The lowest BCUT2D eigenvalue weighted by Crippen LogP contribution is -2.32. The first-order chi connectivity index (χ1) is 17.1. The Hall–Kier alpha value is -4.53. The molecule has 2 aliphatic heterocycles. The van der Waals surface area contributed by atoms with Gasteiger partial charge >= 0.3 is 0 Å². The highest BCUT2D eigenvalue weighted by atomic mass is 35.5. The number of nitrogens with zero attached hydrogens (tertiary/aromatic N) is 7. The molecule has 10 nitrogen and oxygen atoms in total. The van der Waals surface area contributed by atoms with E-state index in [2.05, 4.69) is 25.6 Å². The zero-order valence-electron chi connectivity index (χ0n) is 18.2. The quantitative estimate of drug-likeness (QED) is 0.554. The summed E-state index contributed by atoms with van der Waals surface area (Å²) in [5.74, 6) is 2.38. The van der Waals surface area contributed by atoms with E-state index in [1.165, 1.54) is 4.80 Å². The monoisotopic (exact) mass is 484 g/mol. The number of aromatic nitrogens is 5. The lowest BCUT2D eigenvalue weighted by Gasteiger charge is -2.27. The molecule has 1 aliphatic carbocycles. The number of aliphatic imine (C=N–C) groups is 1. The molecular formula is C24H17ClN8O2. The lowest BCUT2D eigenvalue weighted by atomic mass is 10.1. The predicted molar refractivity (Wildman–Crippen MR) is 130 cm³/mol. The van der Waals surface area contributed by atoms with E-state index in [1.54, 1.807) is 70.9 Å². The van der Waals surface area contributed by atoms with Crippen molar-refractivity contribution in [3.8, 4) is 5.69 Å². The van der Waals surface area contributed by atoms with E-state index >= 15 is 0 Å². The number of allylic oxidation sites excluding steroid dienone is 3. The number of carbonyl (C=O) groups excluding carboxylic acids is 2. The number of rotatable bonds is 5. The van der Waals surface area contributed by atoms with Crippen LogP contribution in [-0.4, -0.2) is 47.4 Å². The van der Waals surface area contributed by atoms with Crippen LogP contribution in [0.3, 0.4) is 0 Å². The van der Waals surface area contributed by atoms with Gasteiger partial charge in [-0.15, -0.1) is 0 Å². The summed E-state index contributed by atoms with van der Waals surface area (Å²) in [5, 5.41) is 16.0. The molecule has 0 spiro atoms. The third kappa shape index (κ3) is 3.71. The normalized spacial score (nSPS) is 16.5. The Morgan fingerprint density at radius 1 is 1.17 bits per heavy atom. The first kappa shape index (κ1) is 21.0. The Balaban J connectivity index is 1.32. The van der Waals surface area contributed by atoms with Crippen LogP contribution < -0.4 is 5.32 Å². The molecule has 2 aromatic heterocycles. The summed E-state index contributed by atoms with van der Waals surface area (Å²) < 4.78 is 1.74. The van der Waals surface area contributed by atoms with Gasteiger partial charge in [0.25, 0.3) is 5.91 Å². The van der Waals surface area contributed by atoms with Gasteiger partial charge in [-0.1, -0.05) is 11.6 Å². The maximum Gasteiger partial charge on any atom is 0.259 e. The van der Waals surface area contributed by atoms with Crippen molar-refractivity contribution in [2.24, 2.45) is 4.99 Å². The molecule has 172 valence electrons. The number of hydrogen-bond acceptors (Lipinski definition) is 7. The molecule has 0 radical (unpaired) electrons. The molecule has 1 fully saturated rings. The minimum absolute atomic E-state index is 0.205. The van der Waals surface area contributed by atoms with Crippen LogP contribution in [0, 0.1) is 0 Å². The maximum atomic E-state index is 13.3. The van der Waals surface area contributed by atoms with Gasteiger partial charge in [-0.05, 0) is 49.3 Å². The Kier molecular flexibility index (Phi) is 5.02. The second-order valence-electron chi connectivity index (χ2n) is 8.09. The number of hydrogen-bond donors (Lipinski definition) is 1.